The van der Waals surface area contributed by atoms with Gasteiger partial charge < -0.3 is 14.4 Å². The van der Waals surface area contributed by atoms with E-state index in [-0.39, 0.29) is 18.4 Å². The topological polar surface area (TPSA) is 59.1 Å². The smallest absolute Gasteiger partial charge is 0.278 e. The Morgan fingerprint density at radius 1 is 0.839 bits per heavy atom. The molecule has 162 valence electrons. The highest BCUT2D eigenvalue weighted by molar-refractivity contribution is 6.35. The number of ether oxygens (including phenoxy) is 2. The van der Waals surface area contributed by atoms with Gasteiger partial charge in [-0.05, 0) is 54.2 Å². The summed E-state index contributed by atoms with van der Waals surface area (Å²) in [5.41, 5.74) is 2.63. The molecule has 1 fully saturated rings. The zero-order valence-corrected chi connectivity index (χ0v) is 18.3. The molecule has 0 spiro atoms. The van der Waals surface area contributed by atoms with Gasteiger partial charge in [0.25, 0.3) is 11.8 Å². The Kier molecular flexibility index (Phi) is 5.98. The van der Waals surface area contributed by atoms with Crippen molar-refractivity contribution in [3.05, 3.63) is 65.4 Å². The van der Waals surface area contributed by atoms with Gasteiger partial charge >= 0.3 is 0 Å². The molecule has 6 nitrogen and oxygen atoms in total. The van der Waals surface area contributed by atoms with Gasteiger partial charge in [0.1, 0.15) is 17.2 Å². The van der Waals surface area contributed by atoms with Crippen LogP contribution in [0.4, 0.5) is 0 Å². The van der Waals surface area contributed by atoms with Gasteiger partial charge in [0.2, 0.25) is 0 Å². The molecule has 2 aliphatic heterocycles. The van der Waals surface area contributed by atoms with Crippen LogP contribution in [0.1, 0.15) is 30.9 Å². The van der Waals surface area contributed by atoms with Gasteiger partial charge in [0.15, 0.2) is 0 Å². The third kappa shape index (κ3) is 4.15. The minimum absolute atomic E-state index is 0.221. The van der Waals surface area contributed by atoms with Gasteiger partial charge in [-0.15, -0.1) is 0 Å². The monoisotopic (exact) mass is 420 g/mol. The van der Waals surface area contributed by atoms with Gasteiger partial charge in [-0.2, -0.15) is 0 Å². The lowest BCUT2D eigenvalue weighted by Gasteiger charge is -2.32. The Labute approximate surface area is 183 Å². The Hall–Kier alpha value is -3.28. The Balaban J connectivity index is 1.68. The zero-order chi connectivity index (χ0) is 22.0. The summed E-state index contributed by atoms with van der Waals surface area (Å²) in [6.07, 6.45) is 2.03. The molecule has 2 aromatic rings. The first kappa shape index (κ1) is 21.0. The number of carbonyl (C=O) groups excluding carboxylic acids is 2. The number of benzene rings is 2. The highest BCUT2D eigenvalue weighted by atomic mass is 16.5. The molecular weight excluding hydrogens is 392 g/mol. The Bertz CT molecular complexity index is 987. The van der Waals surface area contributed by atoms with Crippen molar-refractivity contribution in [3.8, 4) is 11.5 Å². The summed E-state index contributed by atoms with van der Waals surface area (Å²) < 4.78 is 10.5. The number of nitrogens with zero attached hydrogens (tertiary/aromatic N) is 2. The van der Waals surface area contributed by atoms with Crippen LogP contribution in [0.25, 0.3) is 5.57 Å². The number of likely N-dealkylation sites (tertiary alicyclic amines) is 1. The predicted molar refractivity (Wildman–Crippen MR) is 118 cm³/mol. The van der Waals surface area contributed by atoms with Crippen LogP contribution in [0.15, 0.2) is 54.2 Å². The number of imide groups is 1. The fraction of sp³-hybridized carbons (Fsp3) is 0.360. The zero-order valence-electron chi connectivity index (χ0n) is 18.3. The van der Waals surface area contributed by atoms with Crippen molar-refractivity contribution in [1.82, 2.24) is 9.80 Å². The van der Waals surface area contributed by atoms with E-state index in [4.69, 9.17) is 9.47 Å². The second kappa shape index (κ2) is 8.84. The molecule has 4 rings (SSSR count). The summed E-state index contributed by atoms with van der Waals surface area (Å²) in [7, 11) is 3.22. The average Bonchev–Trinajstić information content (AvgIpc) is 3.05. The van der Waals surface area contributed by atoms with Crippen LogP contribution in [-0.2, 0) is 16.1 Å². The lowest BCUT2D eigenvalue weighted by atomic mass is 9.97. The molecule has 2 aromatic carbocycles. The minimum Gasteiger partial charge on any atom is -0.497 e. The molecule has 0 aliphatic carbocycles. The van der Waals surface area contributed by atoms with E-state index in [1.807, 2.05) is 48.5 Å². The third-order valence-corrected chi connectivity index (χ3v) is 6.12. The molecule has 0 unspecified atom stereocenters. The van der Waals surface area contributed by atoms with Crippen molar-refractivity contribution in [3.63, 3.8) is 0 Å². The van der Waals surface area contributed by atoms with Crippen LogP contribution in [-0.4, -0.2) is 48.9 Å². The second-order valence-corrected chi connectivity index (χ2v) is 8.17. The van der Waals surface area contributed by atoms with E-state index in [1.54, 1.807) is 14.2 Å². The molecule has 0 N–H and O–H groups in total. The summed E-state index contributed by atoms with van der Waals surface area (Å²) in [5, 5.41) is 0. The van der Waals surface area contributed by atoms with Crippen LogP contribution in [0.5, 0.6) is 11.5 Å². The van der Waals surface area contributed by atoms with E-state index in [2.05, 4.69) is 11.8 Å². The maximum absolute atomic E-state index is 13.5. The number of rotatable bonds is 6. The number of hydrogen-bond donors (Lipinski definition) is 0. The highest BCUT2D eigenvalue weighted by Gasteiger charge is 2.42. The number of carbonyl (C=O) groups is 2. The first-order valence-electron chi connectivity index (χ1n) is 10.6. The van der Waals surface area contributed by atoms with E-state index in [9.17, 15) is 9.59 Å². The maximum Gasteiger partial charge on any atom is 0.278 e. The third-order valence-electron chi connectivity index (χ3n) is 6.12. The van der Waals surface area contributed by atoms with Crippen LogP contribution in [0.3, 0.4) is 0 Å². The molecule has 0 radical (unpaired) electrons. The number of methoxy groups -OCH3 is 2. The van der Waals surface area contributed by atoms with E-state index in [0.29, 0.717) is 22.9 Å². The summed E-state index contributed by atoms with van der Waals surface area (Å²) in [6, 6.07) is 14.8. The number of hydrogen-bond acceptors (Lipinski definition) is 5. The largest absolute Gasteiger partial charge is 0.497 e. The molecule has 2 aliphatic rings. The standard InChI is InChI=1S/C25H28N2O4/c1-17-12-14-26(15-13-17)23-22(19-6-10-21(31-3)11-7-19)24(28)27(25(23)29)16-18-4-8-20(30-2)9-5-18/h4-11,17H,12-16H2,1-3H3. The number of amides is 2. The van der Waals surface area contributed by atoms with Crippen LogP contribution < -0.4 is 9.47 Å². The summed E-state index contributed by atoms with van der Waals surface area (Å²) >= 11 is 0. The van der Waals surface area contributed by atoms with E-state index < -0.39 is 0 Å². The molecule has 0 aromatic heterocycles. The van der Waals surface area contributed by atoms with Gasteiger partial charge in [0.05, 0.1) is 26.3 Å². The van der Waals surface area contributed by atoms with Gasteiger partial charge in [0, 0.05) is 13.1 Å². The fourth-order valence-electron chi connectivity index (χ4n) is 4.16. The molecule has 6 heteroatoms. The van der Waals surface area contributed by atoms with Crippen molar-refractivity contribution in [2.45, 2.75) is 26.3 Å². The van der Waals surface area contributed by atoms with Crippen molar-refractivity contribution in [1.29, 1.82) is 0 Å². The minimum atomic E-state index is -0.250. The van der Waals surface area contributed by atoms with E-state index in [0.717, 1.165) is 42.8 Å². The van der Waals surface area contributed by atoms with Crippen LogP contribution in [0, 0.1) is 5.92 Å². The Morgan fingerprint density at radius 3 is 1.94 bits per heavy atom. The summed E-state index contributed by atoms with van der Waals surface area (Å²) in [4.78, 5) is 30.4. The SMILES string of the molecule is COc1ccc(CN2C(=O)C(c3ccc(OC)cc3)=C(N3CCC(C)CC3)C2=O)cc1. The van der Waals surface area contributed by atoms with Crippen molar-refractivity contribution >= 4 is 17.4 Å². The second-order valence-electron chi connectivity index (χ2n) is 8.17. The normalized spacial score (nSPS) is 17.5. The molecule has 0 saturated carbocycles. The predicted octanol–water partition coefficient (Wildman–Crippen LogP) is 3.72. The average molecular weight is 421 g/mol. The van der Waals surface area contributed by atoms with Gasteiger partial charge in [-0.25, -0.2) is 0 Å². The lowest BCUT2D eigenvalue weighted by molar-refractivity contribution is -0.138. The summed E-state index contributed by atoms with van der Waals surface area (Å²) in [6.45, 7) is 4.03. The molecule has 0 bridgehead atoms. The molecule has 0 atom stereocenters. The fourth-order valence-corrected chi connectivity index (χ4v) is 4.16. The quantitative estimate of drug-likeness (QED) is 0.667. The lowest BCUT2D eigenvalue weighted by Crippen LogP contribution is -2.38. The summed E-state index contributed by atoms with van der Waals surface area (Å²) in [5.74, 6) is 1.61. The van der Waals surface area contributed by atoms with Crippen molar-refractivity contribution < 1.29 is 19.1 Å². The van der Waals surface area contributed by atoms with Crippen molar-refractivity contribution in [2.24, 2.45) is 5.92 Å². The van der Waals surface area contributed by atoms with E-state index >= 15 is 0 Å². The molecule has 2 heterocycles. The van der Waals surface area contributed by atoms with Crippen molar-refractivity contribution in [2.75, 3.05) is 27.3 Å². The van der Waals surface area contributed by atoms with Gasteiger partial charge in [-0.1, -0.05) is 31.2 Å². The number of piperidine rings is 1. The Morgan fingerprint density at radius 2 is 1.39 bits per heavy atom. The first-order valence-corrected chi connectivity index (χ1v) is 10.6. The van der Waals surface area contributed by atoms with E-state index in [1.165, 1.54) is 4.90 Å². The highest BCUT2D eigenvalue weighted by Crippen LogP contribution is 2.35. The van der Waals surface area contributed by atoms with Crippen LogP contribution in [0.2, 0.25) is 0 Å². The maximum atomic E-state index is 13.5. The molecule has 2 amide bonds. The van der Waals surface area contributed by atoms with Gasteiger partial charge in [-0.3, -0.25) is 14.5 Å². The van der Waals surface area contributed by atoms with Crippen LogP contribution >= 0.6 is 0 Å². The molecule has 1 saturated heterocycles. The molecule has 31 heavy (non-hydrogen) atoms. The molecular formula is C25H28N2O4. The first-order chi connectivity index (χ1) is 15.0.